The molecule has 0 spiro atoms. The van der Waals surface area contributed by atoms with Crippen LogP contribution in [0, 0.1) is 6.92 Å². The number of amides is 1. The molecule has 0 N–H and O–H groups in total. The molecule has 24 heavy (non-hydrogen) atoms. The molecule has 3 rings (SSSR count). The first kappa shape index (κ1) is 16.0. The molecule has 0 atom stereocenters. The van der Waals surface area contributed by atoms with Crippen molar-refractivity contribution < 1.29 is 9.53 Å². The maximum absolute atomic E-state index is 12.5. The van der Waals surface area contributed by atoms with Gasteiger partial charge in [0.05, 0.1) is 12.1 Å². The van der Waals surface area contributed by atoms with Gasteiger partial charge >= 0.3 is 0 Å². The molecule has 0 saturated heterocycles. The van der Waals surface area contributed by atoms with Crippen molar-refractivity contribution in [3.63, 3.8) is 0 Å². The highest BCUT2D eigenvalue weighted by Gasteiger charge is 2.13. The number of hydrogen-bond donors (Lipinski definition) is 0. The minimum Gasteiger partial charge on any atom is -0.492 e. The maximum Gasteiger partial charge on any atom is 0.272 e. The molecular formula is C20H20N2O2. The van der Waals surface area contributed by atoms with Gasteiger partial charge in [0.25, 0.3) is 5.91 Å². The average Bonchev–Trinajstić information content (AvgIpc) is 2.60. The second-order valence-corrected chi connectivity index (χ2v) is 5.78. The number of benzene rings is 2. The van der Waals surface area contributed by atoms with E-state index in [0.717, 1.165) is 22.2 Å². The number of pyridine rings is 1. The van der Waals surface area contributed by atoms with Gasteiger partial charge in [-0.05, 0) is 36.8 Å². The first-order chi connectivity index (χ1) is 11.6. The summed E-state index contributed by atoms with van der Waals surface area (Å²) in [7, 11) is 1.76. The molecule has 1 aromatic heterocycles. The van der Waals surface area contributed by atoms with Crippen LogP contribution in [0.5, 0.6) is 5.75 Å². The summed E-state index contributed by atoms with van der Waals surface area (Å²) in [6.07, 6.45) is 0. The van der Waals surface area contributed by atoms with E-state index < -0.39 is 0 Å². The second-order valence-electron chi connectivity index (χ2n) is 5.78. The van der Waals surface area contributed by atoms with Crippen molar-refractivity contribution in [1.82, 2.24) is 9.88 Å². The summed E-state index contributed by atoms with van der Waals surface area (Å²) in [5.74, 6) is 0.716. The molecule has 0 radical (unpaired) electrons. The summed E-state index contributed by atoms with van der Waals surface area (Å²) in [6, 6.07) is 19.3. The van der Waals surface area contributed by atoms with Gasteiger partial charge in [-0.3, -0.25) is 4.79 Å². The topological polar surface area (TPSA) is 42.4 Å². The number of likely N-dealkylation sites (N-methyl/N-ethyl adjacent to an activating group) is 1. The number of ether oxygens (including phenoxy) is 1. The molecule has 122 valence electrons. The third kappa shape index (κ3) is 3.71. The van der Waals surface area contributed by atoms with Gasteiger partial charge < -0.3 is 9.64 Å². The lowest BCUT2D eigenvalue weighted by Crippen LogP contribution is -2.31. The van der Waals surface area contributed by atoms with Crippen LogP contribution in [0.3, 0.4) is 0 Å². The first-order valence-corrected chi connectivity index (χ1v) is 7.94. The number of aromatic nitrogens is 1. The highest BCUT2D eigenvalue weighted by atomic mass is 16.5. The molecule has 0 fully saturated rings. The van der Waals surface area contributed by atoms with Crippen LogP contribution in [0.4, 0.5) is 0 Å². The van der Waals surface area contributed by atoms with E-state index in [1.807, 2.05) is 61.5 Å². The molecule has 0 aliphatic heterocycles. The number of para-hydroxylation sites is 1. The molecule has 3 aromatic rings. The van der Waals surface area contributed by atoms with Gasteiger partial charge in [-0.15, -0.1) is 0 Å². The predicted octanol–water partition coefficient (Wildman–Crippen LogP) is 3.69. The first-order valence-electron chi connectivity index (χ1n) is 7.94. The lowest BCUT2D eigenvalue weighted by Gasteiger charge is -2.17. The van der Waals surface area contributed by atoms with E-state index in [1.165, 1.54) is 0 Å². The normalized spacial score (nSPS) is 10.6. The smallest absolute Gasteiger partial charge is 0.272 e. The predicted molar refractivity (Wildman–Crippen MR) is 95.4 cm³/mol. The van der Waals surface area contributed by atoms with E-state index in [4.69, 9.17) is 4.74 Å². The molecule has 4 nitrogen and oxygen atoms in total. The van der Waals surface area contributed by atoms with E-state index >= 15 is 0 Å². The average molecular weight is 320 g/mol. The Morgan fingerprint density at radius 2 is 1.92 bits per heavy atom. The van der Waals surface area contributed by atoms with E-state index in [2.05, 4.69) is 4.98 Å². The van der Waals surface area contributed by atoms with Crippen LogP contribution in [0.2, 0.25) is 0 Å². The number of carbonyl (C=O) groups is 1. The molecule has 4 heteroatoms. The Morgan fingerprint density at radius 1 is 1.08 bits per heavy atom. The molecule has 0 unspecified atom stereocenters. The van der Waals surface area contributed by atoms with Crippen molar-refractivity contribution >= 4 is 16.8 Å². The lowest BCUT2D eigenvalue weighted by molar-refractivity contribution is 0.0768. The van der Waals surface area contributed by atoms with E-state index in [0.29, 0.717) is 18.8 Å². The molecule has 0 aliphatic rings. The third-order valence-corrected chi connectivity index (χ3v) is 3.85. The van der Waals surface area contributed by atoms with Crippen LogP contribution in [0.25, 0.3) is 10.9 Å². The quantitative estimate of drug-likeness (QED) is 0.720. The summed E-state index contributed by atoms with van der Waals surface area (Å²) in [5.41, 5.74) is 2.43. The Hall–Kier alpha value is -2.88. The van der Waals surface area contributed by atoms with Crippen molar-refractivity contribution in [1.29, 1.82) is 0 Å². The maximum atomic E-state index is 12.5. The monoisotopic (exact) mass is 320 g/mol. The minimum absolute atomic E-state index is 0.103. The Kier molecular flexibility index (Phi) is 4.75. The molecule has 1 heterocycles. The number of carbonyl (C=O) groups excluding carboxylic acids is 1. The molecule has 0 aliphatic carbocycles. The number of nitrogens with zero attached hydrogens (tertiary/aromatic N) is 2. The second kappa shape index (κ2) is 7.13. The Bertz CT molecular complexity index is 861. The van der Waals surface area contributed by atoms with Crippen LogP contribution < -0.4 is 4.74 Å². The fourth-order valence-corrected chi connectivity index (χ4v) is 2.49. The summed E-state index contributed by atoms with van der Waals surface area (Å²) in [5, 5.41) is 1.03. The highest BCUT2D eigenvalue weighted by Crippen LogP contribution is 2.14. The molecule has 0 bridgehead atoms. The van der Waals surface area contributed by atoms with Crippen molar-refractivity contribution in [2.24, 2.45) is 0 Å². The largest absolute Gasteiger partial charge is 0.492 e. The Labute approximate surface area is 141 Å². The van der Waals surface area contributed by atoms with Gasteiger partial charge in [-0.2, -0.15) is 0 Å². The number of rotatable bonds is 5. The number of fused-ring (bicyclic) bond motifs is 1. The van der Waals surface area contributed by atoms with Gasteiger partial charge in [0.15, 0.2) is 0 Å². The highest BCUT2D eigenvalue weighted by molar-refractivity contribution is 5.94. The molecule has 0 saturated carbocycles. The van der Waals surface area contributed by atoms with Crippen molar-refractivity contribution in [2.45, 2.75) is 6.92 Å². The van der Waals surface area contributed by atoms with E-state index in [1.54, 1.807) is 18.0 Å². The van der Waals surface area contributed by atoms with Gasteiger partial charge in [0.1, 0.15) is 18.1 Å². The van der Waals surface area contributed by atoms with Crippen LogP contribution in [0.1, 0.15) is 16.1 Å². The van der Waals surface area contributed by atoms with Crippen LogP contribution >= 0.6 is 0 Å². The SMILES string of the molecule is Cc1cccc(OCCN(C)C(=O)c2ccc3ccccc3n2)c1. The van der Waals surface area contributed by atoms with E-state index in [-0.39, 0.29) is 5.91 Å². The zero-order chi connectivity index (χ0) is 16.9. The Balaban J connectivity index is 1.61. The van der Waals surface area contributed by atoms with Gasteiger partial charge in [-0.1, -0.05) is 36.4 Å². The zero-order valence-corrected chi connectivity index (χ0v) is 13.9. The standard InChI is InChI=1S/C20H20N2O2/c1-15-6-5-8-17(14-15)24-13-12-22(2)20(23)19-11-10-16-7-3-4-9-18(16)21-19/h3-11,14H,12-13H2,1-2H3. The third-order valence-electron chi connectivity index (χ3n) is 3.85. The Morgan fingerprint density at radius 3 is 2.75 bits per heavy atom. The number of aryl methyl sites for hydroxylation is 1. The van der Waals surface area contributed by atoms with Gasteiger partial charge in [-0.25, -0.2) is 4.98 Å². The fraction of sp³-hybridized carbons (Fsp3) is 0.200. The summed E-state index contributed by atoms with van der Waals surface area (Å²) >= 11 is 0. The van der Waals surface area contributed by atoms with Gasteiger partial charge in [0.2, 0.25) is 0 Å². The van der Waals surface area contributed by atoms with E-state index in [9.17, 15) is 4.79 Å². The fourth-order valence-electron chi connectivity index (χ4n) is 2.49. The van der Waals surface area contributed by atoms with Gasteiger partial charge in [0, 0.05) is 12.4 Å². The minimum atomic E-state index is -0.103. The van der Waals surface area contributed by atoms with Crippen LogP contribution in [-0.2, 0) is 0 Å². The van der Waals surface area contributed by atoms with Crippen molar-refractivity contribution in [2.75, 3.05) is 20.2 Å². The van der Waals surface area contributed by atoms with Crippen LogP contribution in [0.15, 0.2) is 60.7 Å². The summed E-state index contributed by atoms with van der Waals surface area (Å²) < 4.78 is 5.70. The van der Waals surface area contributed by atoms with Crippen LogP contribution in [-0.4, -0.2) is 36.0 Å². The zero-order valence-electron chi connectivity index (χ0n) is 13.9. The van der Waals surface area contributed by atoms with Crippen molar-refractivity contribution in [3.05, 3.63) is 71.9 Å². The summed E-state index contributed by atoms with van der Waals surface area (Å²) in [6.45, 7) is 2.97. The lowest BCUT2D eigenvalue weighted by atomic mass is 10.2. The molecule has 2 aromatic carbocycles. The summed E-state index contributed by atoms with van der Waals surface area (Å²) in [4.78, 5) is 18.6. The van der Waals surface area contributed by atoms with Crippen molar-refractivity contribution in [3.8, 4) is 5.75 Å². The molecular weight excluding hydrogens is 300 g/mol. The molecule has 1 amide bonds. The number of hydrogen-bond acceptors (Lipinski definition) is 3.